The van der Waals surface area contributed by atoms with Crippen molar-refractivity contribution < 1.29 is 98.2 Å². The molecule has 16 rings (SSSR count). The number of unbranched alkanes of at least 4 members (excludes halogenated alkanes) is 7. The number of aliphatic hydroxyl groups is 7. The van der Waals surface area contributed by atoms with Crippen molar-refractivity contribution in [3.63, 3.8) is 0 Å². The molecule has 5 aromatic carbocycles. The normalized spacial score (nSPS) is 28.9. The first-order chi connectivity index (χ1) is 54.4. The molecule has 114 heavy (non-hydrogen) atoms. The molecule has 11 aliphatic rings. The smallest absolute Gasteiger partial charge is 0.248 e. The molecule has 21 N–H and O–H groups in total. The van der Waals surface area contributed by atoms with Gasteiger partial charge in [0.05, 0.1) is 22.5 Å². The standard InChI is InChI=1S/C81H101Cl2N11O20/c1-5-6-7-8-9-10-11-12-19-87-34-46-52(95)31-45-59-44-26-38(13-16-47(44)81(109,110)60(46)59)62-75(104)94-66(79(108)92-64(45)77(106)89-61-41-22-36-21-37(24-41)25-42(61)23-36)68(98)40-15-18-54(49(83)28-40)112-56-30-43-29-55(72(56)114-80-71(101)70(100)69(99)57(33-84)113-80)111-53-17-14-39(27-48(53)82)67(97)65(93-73(102)50(86-4)20-35(2)3)78(107)88-51(32-58(85)96)74(103)90-63(43)76(105)91-62/h13-18,26-31,35-37,41-42,50-51,57,61-71,80,86-87,95,97-101,109-110H,5-12,19-25,32-34,84H2,1-4H3,(H2,85,96)(H,88,107)(H,89,106)(H,90,103)(H,91,105)(H,92,108)(H,93,102)(H,94,104). The van der Waals surface area contributed by atoms with Crippen LogP contribution in [0.4, 0.5) is 0 Å². The molecule has 4 saturated carbocycles. The highest BCUT2D eigenvalue weighted by Crippen LogP contribution is 2.56. The first kappa shape index (κ1) is 83.2. The maximum Gasteiger partial charge on any atom is 0.248 e. The molecule has 33 heteroatoms. The third-order valence-corrected chi connectivity index (χ3v) is 24.2. The number of likely N-dealkylation sites (N-methyl/N-ethyl adjacent to an activating group) is 1. The summed E-state index contributed by atoms with van der Waals surface area (Å²) >= 11 is 14.3. The molecule has 31 nitrogen and oxygen atoms in total. The predicted octanol–water partition coefficient (Wildman–Crippen LogP) is 4.01. The molecule has 5 aromatic rings. The van der Waals surface area contributed by atoms with E-state index in [1.165, 1.54) is 67.7 Å². The van der Waals surface area contributed by atoms with Crippen molar-refractivity contribution in [2.24, 2.45) is 41.1 Å². The summed E-state index contributed by atoms with van der Waals surface area (Å²) in [5.41, 5.74) is 10.2. The zero-order valence-electron chi connectivity index (χ0n) is 63.6. The van der Waals surface area contributed by atoms with Crippen molar-refractivity contribution in [2.75, 3.05) is 20.1 Å². The fourth-order valence-corrected chi connectivity index (χ4v) is 18.4. The quantitative estimate of drug-likeness (QED) is 0.0324. The lowest BCUT2D eigenvalue weighted by Gasteiger charge is -2.54. The van der Waals surface area contributed by atoms with E-state index < -0.39 is 180 Å². The molecule has 1 saturated heterocycles. The van der Waals surface area contributed by atoms with E-state index in [4.69, 9.17) is 53.6 Å². The zero-order chi connectivity index (χ0) is 81.5. The monoisotopic (exact) mass is 1620 g/mol. The maximum absolute atomic E-state index is 16.4. The van der Waals surface area contributed by atoms with Crippen LogP contribution >= 0.6 is 23.2 Å². The number of phenols is 1. The summed E-state index contributed by atoms with van der Waals surface area (Å²) in [6, 6.07) is 0.854. The van der Waals surface area contributed by atoms with Gasteiger partial charge >= 0.3 is 0 Å². The SMILES string of the molecule is CCCCCCCCCCNCc1c(O)cc2c3c1C(O)(O)c1ccc(cc1-3)C1NC(=O)C3NC(=O)C(CC(N)=O)NC(=O)C(NC(=O)C(CC(C)C)NC)C(O)c4ccc(c(Cl)c4)Oc4cc3cc(c4OC3OC(CN)C(O)C(O)C3O)Oc3ccc(cc3Cl)C(O)C(NC1=O)C(=O)NC2C(=O)NC1C2CC3CC(C2)CC1C3. The molecule has 6 aliphatic heterocycles. The Balaban J connectivity index is 0.995. The molecule has 6 heterocycles. The van der Waals surface area contributed by atoms with Gasteiger partial charge in [-0.05, 0) is 176 Å². The number of nitrogens with two attached hydrogens (primary N) is 2. The molecule has 14 unspecified atom stereocenters. The summed E-state index contributed by atoms with van der Waals surface area (Å²) in [6.45, 7) is 5.72. The molecule has 15 bridgehead atoms. The molecule has 0 spiro atoms. The molecule has 0 aromatic heterocycles. The highest BCUT2D eigenvalue weighted by molar-refractivity contribution is 6.32. The largest absolute Gasteiger partial charge is 0.508 e. The second-order valence-corrected chi connectivity index (χ2v) is 32.8. The molecule has 5 fully saturated rings. The van der Waals surface area contributed by atoms with E-state index in [1.54, 1.807) is 0 Å². The van der Waals surface area contributed by atoms with Crippen molar-refractivity contribution in [2.45, 2.75) is 221 Å². The number of fused-ring (bicyclic) bond motifs is 12. The van der Waals surface area contributed by atoms with Gasteiger partial charge < -0.3 is 119 Å². The minimum Gasteiger partial charge on any atom is -0.508 e. The highest BCUT2D eigenvalue weighted by atomic mass is 35.5. The Bertz CT molecular complexity index is 4480. The fraction of sp³-hybridized carbons (Fsp3) is 0.531. The topological polar surface area (TPSA) is 496 Å². The Hall–Kier alpha value is -8.80. The van der Waals surface area contributed by atoms with E-state index >= 15 is 24.0 Å². The molecule has 14 atom stereocenters. The van der Waals surface area contributed by atoms with E-state index in [9.17, 15) is 55.2 Å². The average Bonchev–Trinajstić information content (AvgIpc) is 1.54. The van der Waals surface area contributed by atoms with Crippen molar-refractivity contribution in [3.8, 4) is 45.6 Å². The Morgan fingerprint density at radius 1 is 0.658 bits per heavy atom. The second kappa shape index (κ2) is 34.9. The van der Waals surface area contributed by atoms with Crippen LogP contribution in [0.5, 0.6) is 34.5 Å². The van der Waals surface area contributed by atoms with Gasteiger partial charge in [-0.1, -0.05) is 113 Å². The lowest BCUT2D eigenvalue weighted by Crippen LogP contribution is -2.60. The number of aliphatic hydroxyl groups excluding tert-OH is 5. The number of nitrogens with one attached hydrogen (secondary N) is 9. The van der Waals surface area contributed by atoms with E-state index in [-0.39, 0.29) is 108 Å². The van der Waals surface area contributed by atoms with Crippen molar-refractivity contribution in [3.05, 3.63) is 127 Å². The van der Waals surface area contributed by atoms with E-state index in [2.05, 4.69) is 54.8 Å². The van der Waals surface area contributed by atoms with Crippen LogP contribution in [0.2, 0.25) is 10.0 Å². The van der Waals surface area contributed by atoms with Gasteiger partial charge in [-0.15, -0.1) is 0 Å². The summed E-state index contributed by atoms with van der Waals surface area (Å²) in [5.74, 6) is -13.9. The van der Waals surface area contributed by atoms with Gasteiger partial charge in [-0.2, -0.15) is 0 Å². The van der Waals surface area contributed by atoms with Crippen molar-refractivity contribution >= 4 is 70.5 Å². The summed E-state index contributed by atoms with van der Waals surface area (Å²) in [6.07, 6.45) is -1.40. The van der Waals surface area contributed by atoms with Crippen LogP contribution in [0.1, 0.15) is 192 Å². The number of primary amides is 1. The first-order valence-electron chi connectivity index (χ1n) is 39.3. The number of hydrogen-bond donors (Lipinski definition) is 19. The number of aromatic hydroxyl groups is 1. The molecule has 614 valence electrons. The number of halogens is 2. The molecule has 0 radical (unpaired) electrons. The van der Waals surface area contributed by atoms with Gasteiger partial charge in [-0.25, -0.2) is 0 Å². The summed E-state index contributed by atoms with van der Waals surface area (Å²) in [5, 5.41) is 122. The van der Waals surface area contributed by atoms with Gasteiger partial charge in [0.1, 0.15) is 90.1 Å². The predicted molar refractivity (Wildman–Crippen MR) is 412 cm³/mol. The summed E-state index contributed by atoms with van der Waals surface area (Å²) < 4.78 is 25.7. The highest BCUT2D eigenvalue weighted by Gasteiger charge is 2.53. The number of carbonyl (C=O) groups excluding carboxylic acids is 8. The van der Waals surface area contributed by atoms with Crippen molar-refractivity contribution in [1.82, 2.24) is 47.9 Å². The lowest BCUT2D eigenvalue weighted by atomic mass is 9.54. The molecule has 5 aliphatic carbocycles. The fourth-order valence-electron chi connectivity index (χ4n) is 17.9. The van der Waals surface area contributed by atoms with E-state index in [1.807, 2.05) is 13.8 Å². The minimum atomic E-state index is -3.00. The van der Waals surface area contributed by atoms with E-state index in [0.29, 0.717) is 18.4 Å². The second-order valence-electron chi connectivity index (χ2n) is 32.0. The Morgan fingerprint density at radius 3 is 1.86 bits per heavy atom. The van der Waals surface area contributed by atoms with Gasteiger partial charge in [0, 0.05) is 35.8 Å². The van der Waals surface area contributed by atoms with Crippen molar-refractivity contribution in [1.29, 1.82) is 0 Å². The van der Waals surface area contributed by atoms with Crippen LogP contribution in [-0.4, -0.2) is 169 Å². The van der Waals surface area contributed by atoms with Crippen LogP contribution in [0, 0.1) is 29.6 Å². The zero-order valence-corrected chi connectivity index (χ0v) is 65.1. The minimum absolute atomic E-state index is 0.00966. The van der Waals surface area contributed by atoms with Crippen LogP contribution < -0.4 is 73.5 Å². The average molecular weight is 1620 g/mol. The maximum atomic E-state index is 16.4. The number of carbonyl (C=O) groups is 8. The molecular weight excluding hydrogens is 1520 g/mol. The summed E-state index contributed by atoms with van der Waals surface area (Å²) in [4.78, 5) is 122. The Morgan fingerprint density at radius 2 is 1.25 bits per heavy atom. The molecule has 8 amide bonds. The number of ether oxygens (including phenoxy) is 4. The van der Waals surface area contributed by atoms with Gasteiger partial charge in [-0.3, -0.25) is 38.4 Å². The van der Waals surface area contributed by atoms with Crippen LogP contribution in [0.15, 0.2) is 72.8 Å². The van der Waals surface area contributed by atoms with E-state index in [0.717, 1.165) is 95.6 Å². The third-order valence-electron chi connectivity index (χ3n) is 23.6. The third kappa shape index (κ3) is 17.2. The number of rotatable bonds is 23. The van der Waals surface area contributed by atoms with Gasteiger partial charge in [0.15, 0.2) is 11.5 Å². The molecular formula is C81H101Cl2N11O20. The number of hydrogen-bond acceptors (Lipinski definition) is 23. The van der Waals surface area contributed by atoms with Gasteiger partial charge in [0.2, 0.25) is 65.1 Å². The Kier molecular flexibility index (Phi) is 25.5. The summed E-state index contributed by atoms with van der Waals surface area (Å²) in [7, 11) is 1.50. The number of amides is 8. The van der Waals surface area contributed by atoms with Crippen LogP contribution in [0.3, 0.4) is 0 Å². The van der Waals surface area contributed by atoms with Crippen LogP contribution in [0.25, 0.3) is 11.1 Å². The number of phenolic OH excluding ortho intramolecular Hbond substituents is 1. The van der Waals surface area contributed by atoms with Crippen LogP contribution in [-0.2, 0) is 55.4 Å². The Labute approximate surface area is 668 Å². The first-order valence-corrected chi connectivity index (χ1v) is 40.0. The lowest BCUT2D eigenvalue weighted by molar-refractivity contribution is -0.270. The number of benzene rings is 5. The van der Waals surface area contributed by atoms with Gasteiger partial charge in [0.25, 0.3) is 0 Å².